The molecule has 1 aromatic rings. The average Bonchev–Trinajstić information content (AvgIpc) is 3.31. The van der Waals surface area contributed by atoms with Crippen LogP contribution in [0.25, 0.3) is 6.08 Å². The first-order chi connectivity index (χ1) is 9.70. The molecule has 1 aliphatic carbocycles. The number of carbonyl (C=O) groups is 2. The summed E-state index contributed by atoms with van der Waals surface area (Å²) in [7, 11) is 1.36. The molecule has 20 heavy (non-hydrogen) atoms. The van der Waals surface area contributed by atoms with Crippen molar-refractivity contribution in [1.29, 1.82) is 0 Å². The summed E-state index contributed by atoms with van der Waals surface area (Å²) in [5, 5.41) is 0. The van der Waals surface area contributed by atoms with E-state index in [2.05, 4.69) is 4.74 Å². The van der Waals surface area contributed by atoms with Crippen LogP contribution in [0.5, 0.6) is 0 Å². The fourth-order valence-electron chi connectivity index (χ4n) is 2.00. The van der Waals surface area contributed by atoms with E-state index in [0.29, 0.717) is 6.54 Å². The summed E-state index contributed by atoms with van der Waals surface area (Å²) in [5.74, 6) is -0.323. The van der Waals surface area contributed by atoms with Gasteiger partial charge >= 0.3 is 5.97 Å². The number of nitrogens with zero attached hydrogens (tertiary/aromatic N) is 1. The zero-order chi connectivity index (χ0) is 14.4. The molecule has 0 unspecified atom stereocenters. The van der Waals surface area contributed by atoms with Gasteiger partial charge in [-0.1, -0.05) is 30.3 Å². The van der Waals surface area contributed by atoms with Crippen molar-refractivity contribution in [3.8, 4) is 0 Å². The maximum Gasteiger partial charge on any atom is 0.307 e. The molecule has 0 aliphatic heterocycles. The van der Waals surface area contributed by atoms with Crippen LogP contribution in [0, 0.1) is 0 Å². The lowest BCUT2D eigenvalue weighted by Gasteiger charge is -2.20. The predicted octanol–water partition coefficient (Wildman–Crippen LogP) is 2.25. The van der Waals surface area contributed by atoms with Gasteiger partial charge in [-0.2, -0.15) is 0 Å². The second-order valence-corrected chi connectivity index (χ2v) is 4.83. The third-order valence-electron chi connectivity index (χ3n) is 3.27. The van der Waals surface area contributed by atoms with E-state index in [4.69, 9.17) is 0 Å². The number of carbonyl (C=O) groups excluding carboxylic acids is 2. The van der Waals surface area contributed by atoms with E-state index in [1.807, 2.05) is 30.3 Å². The molecular formula is C16H19NO3. The molecular weight excluding hydrogens is 254 g/mol. The normalized spacial score (nSPS) is 14.2. The third kappa shape index (κ3) is 4.23. The average molecular weight is 273 g/mol. The highest BCUT2D eigenvalue weighted by Gasteiger charge is 2.31. The Morgan fingerprint density at radius 2 is 2.00 bits per heavy atom. The Labute approximate surface area is 119 Å². The number of rotatable bonds is 6. The molecule has 0 bridgehead atoms. The number of benzene rings is 1. The van der Waals surface area contributed by atoms with E-state index in [1.165, 1.54) is 7.11 Å². The molecule has 4 nitrogen and oxygen atoms in total. The topological polar surface area (TPSA) is 46.6 Å². The number of ether oxygens (including phenoxy) is 1. The molecule has 1 fully saturated rings. The van der Waals surface area contributed by atoms with Crippen LogP contribution in [-0.2, 0) is 14.3 Å². The highest BCUT2D eigenvalue weighted by atomic mass is 16.5. The van der Waals surface area contributed by atoms with E-state index in [9.17, 15) is 9.59 Å². The standard InChI is InChI=1S/C16H19NO3/c1-20-16(19)11-12-17(14-8-9-14)15(18)10-7-13-5-3-2-4-6-13/h2-7,10,14H,8-9,11-12H2,1H3/b10-7+. The second-order valence-electron chi connectivity index (χ2n) is 4.83. The maximum atomic E-state index is 12.2. The van der Waals surface area contributed by atoms with Crippen molar-refractivity contribution in [2.45, 2.75) is 25.3 Å². The van der Waals surface area contributed by atoms with Crippen molar-refractivity contribution in [3.63, 3.8) is 0 Å². The Morgan fingerprint density at radius 1 is 1.30 bits per heavy atom. The number of hydrogen-bond donors (Lipinski definition) is 0. The molecule has 4 heteroatoms. The van der Waals surface area contributed by atoms with Gasteiger partial charge in [-0.3, -0.25) is 9.59 Å². The van der Waals surface area contributed by atoms with E-state index in [-0.39, 0.29) is 24.3 Å². The van der Waals surface area contributed by atoms with Crippen molar-refractivity contribution < 1.29 is 14.3 Å². The predicted molar refractivity (Wildman–Crippen MR) is 76.8 cm³/mol. The van der Waals surface area contributed by atoms with Crippen LogP contribution in [0.15, 0.2) is 36.4 Å². The second kappa shape index (κ2) is 6.89. The van der Waals surface area contributed by atoms with Gasteiger partial charge in [-0.15, -0.1) is 0 Å². The monoisotopic (exact) mass is 273 g/mol. The number of hydrogen-bond acceptors (Lipinski definition) is 3. The van der Waals surface area contributed by atoms with Crippen LogP contribution in [-0.4, -0.2) is 36.5 Å². The Bertz CT molecular complexity index is 492. The lowest BCUT2D eigenvalue weighted by molar-refractivity contribution is -0.141. The summed E-state index contributed by atoms with van der Waals surface area (Å²) in [4.78, 5) is 25.1. The Hall–Kier alpha value is -2.10. The highest BCUT2D eigenvalue weighted by Crippen LogP contribution is 2.27. The van der Waals surface area contributed by atoms with Crippen LogP contribution in [0.1, 0.15) is 24.8 Å². The highest BCUT2D eigenvalue weighted by molar-refractivity contribution is 5.92. The summed E-state index contributed by atoms with van der Waals surface area (Å²) >= 11 is 0. The summed E-state index contributed by atoms with van der Waals surface area (Å²) in [6.45, 7) is 0.426. The first kappa shape index (κ1) is 14.3. The van der Waals surface area contributed by atoms with E-state index in [1.54, 1.807) is 17.1 Å². The van der Waals surface area contributed by atoms with Crippen molar-refractivity contribution in [2.24, 2.45) is 0 Å². The van der Waals surface area contributed by atoms with Gasteiger partial charge in [0.1, 0.15) is 0 Å². The van der Waals surface area contributed by atoms with E-state index in [0.717, 1.165) is 18.4 Å². The minimum atomic E-state index is -0.282. The van der Waals surface area contributed by atoms with Crippen molar-refractivity contribution in [2.75, 3.05) is 13.7 Å². The summed E-state index contributed by atoms with van der Waals surface area (Å²) in [6, 6.07) is 9.97. The van der Waals surface area contributed by atoms with E-state index < -0.39 is 0 Å². The van der Waals surface area contributed by atoms with Crippen molar-refractivity contribution >= 4 is 18.0 Å². The lowest BCUT2D eigenvalue weighted by atomic mass is 10.2. The van der Waals surface area contributed by atoms with Gasteiger partial charge in [-0.05, 0) is 24.5 Å². The van der Waals surface area contributed by atoms with Crippen LogP contribution in [0.3, 0.4) is 0 Å². The fourth-order valence-corrected chi connectivity index (χ4v) is 2.00. The Balaban J connectivity index is 1.93. The summed E-state index contributed by atoms with van der Waals surface area (Å²) in [6.07, 6.45) is 5.66. The zero-order valence-electron chi connectivity index (χ0n) is 11.6. The number of esters is 1. The SMILES string of the molecule is COC(=O)CCN(C(=O)/C=C/c1ccccc1)C1CC1. The molecule has 0 saturated heterocycles. The first-order valence-electron chi connectivity index (χ1n) is 6.81. The molecule has 0 atom stereocenters. The van der Waals surface area contributed by atoms with Gasteiger partial charge in [0.15, 0.2) is 0 Å². The van der Waals surface area contributed by atoms with Gasteiger partial charge in [-0.25, -0.2) is 0 Å². The number of methoxy groups -OCH3 is 1. The van der Waals surface area contributed by atoms with Gasteiger partial charge in [0.25, 0.3) is 0 Å². The summed E-state index contributed by atoms with van der Waals surface area (Å²) < 4.78 is 4.61. The van der Waals surface area contributed by atoms with Crippen LogP contribution in [0.4, 0.5) is 0 Å². The largest absolute Gasteiger partial charge is 0.469 e. The minimum absolute atomic E-state index is 0.0414. The zero-order valence-corrected chi connectivity index (χ0v) is 11.6. The molecule has 1 amide bonds. The molecule has 0 radical (unpaired) electrons. The molecule has 1 aliphatic rings. The molecule has 1 saturated carbocycles. The fraction of sp³-hybridized carbons (Fsp3) is 0.375. The van der Waals surface area contributed by atoms with Crippen LogP contribution < -0.4 is 0 Å². The van der Waals surface area contributed by atoms with Crippen molar-refractivity contribution in [1.82, 2.24) is 4.90 Å². The van der Waals surface area contributed by atoms with Gasteiger partial charge < -0.3 is 9.64 Å². The number of amides is 1. The molecule has 0 heterocycles. The van der Waals surface area contributed by atoms with E-state index >= 15 is 0 Å². The van der Waals surface area contributed by atoms with Crippen LogP contribution >= 0.6 is 0 Å². The molecule has 0 N–H and O–H groups in total. The van der Waals surface area contributed by atoms with Gasteiger partial charge in [0.2, 0.25) is 5.91 Å². The lowest BCUT2D eigenvalue weighted by Crippen LogP contribution is -2.33. The Morgan fingerprint density at radius 3 is 2.60 bits per heavy atom. The molecule has 0 spiro atoms. The van der Waals surface area contributed by atoms with Gasteiger partial charge in [0.05, 0.1) is 13.5 Å². The van der Waals surface area contributed by atoms with Crippen molar-refractivity contribution in [3.05, 3.63) is 42.0 Å². The first-order valence-corrected chi connectivity index (χ1v) is 6.81. The molecule has 106 valence electrons. The Kier molecular flexibility index (Phi) is 4.93. The molecule has 2 rings (SSSR count). The van der Waals surface area contributed by atoms with Gasteiger partial charge in [0, 0.05) is 18.7 Å². The molecule has 1 aromatic carbocycles. The minimum Gasteiger partial charge on any atom is -0.469 e. The third-order valence-corrected chi connectivity index (χ3v) is 3.27. The molecule has 0 aromatic heterocycles. The smallest absolute Gasteiger partial charge is 0.307 e. The quantitative estimate of drug-likeness (QED) is 0.590. The maximum absolute atomic E-state index is 12.2. The van der Waals surface area contributed by atoms with Crippen LogP contribution in [0.2, 0.25) is 0 Å². The summed E-state index contributed by atoms with van der Waals surface area (Å²) in [5.41, 5.74) is 0.990.